The number of para-hydroxylation sites is 2. The van der Waals surface area contributed by atoms with Crippen LogP contribution in [0.2, 0.25) is 5.02 Å². The van der Waals surface area contributed by atoms with Gasteiger partial charge in [0.25, 0.3) is 0 Å². The van der Waals surface area contributed by atoms with Crippen LogP contribution in [0.15, 0.2) is 60.7 Å². The summed E-state index contributed by atoms with van der Waals surface area (Å²) in [7, 11) is 0. The molecule has 0 aliphatic rings. The molecular weight excluding hydrogens is 270 g/mol. The Balaban J connectivity index is 1.97. The lowest BCUT2D eigenvalue weighted by atomic mass is 10.1. The molecule has 20 heavy (non-hydrogen) atoms. The molecule has 2 aromatic carbocycles. The standard InChI is InChI=1S/C16H10ClN3/c17-12-7-5-11(6-8-12)13-9-10-16-18-14-3-1-2-4-15(14)20(16)19-13/h1-10H. The van der Waals surface area contributed by atoms with Gasteiger partial charge in [0.15, 0.2) is 5.65 Å². The van der Waals surface area contributed by atoms with E-state index in [1.165, 1.54) is 0 Å². The van der Waals surface area contributed by atoms with Gasteiger partial charge in [0.1, 0.15) is 0 Å². The van der Waals surface area contributed by atoms with E-state index in [0.717, 1.165) is 33.0 Å². The summed E-state index contributed by atoms with van der Waals surface area (Å²) in [6.07, 6.45) is 0. The van der Waals surface area contributed by atoms with E-state index >= 15 is 0 Å². The molecule has 0 saturated carbocycles. The Morgan fingerprint density at radius 2 is 1.65 bits per heavy atom. The maximum atomic E-state index is 5.92. The van der Waals surface area contributed by atoms with Crippen molar-refractivity contribution in [2.24, 2.45) is 0 Å². The van der Waals surface area contributed by atoms with E-state index in [-0.39, 0.29) is 0 Å². The molecule has 0 atom stereocenters. The molecule has 2 aromatic heterocycles. The molecule has 0 radical (unpaired) electrons. The first-order valence-corrected chi connectivity index (χ1v) is 6.69. The van der Waals surface area contributed by atoms with Crippen molar-refractivity contribution in [1.29, 1.82) is 0 Å². The topological polar surface area (TPSA) is 30.2 Å². The van der Waals surface area contributed by atoms with E-state index in [4.69, 9.17) is 11.6 Å². The summed E-state index contributed by atoms with van der Waals surface area (Å²) in [6.45, 7) is 0. The fourth-order valence-electron chi connectivity index (χ4n) is 2.31. The highest BCUT2D eigenvalue weighted by Gasteiger charge is 2.06. The van der Waals surface area contributed by atoms with Crippen molar-refractivity contribution in [1.82, 2.24) is 14.6 Å². The van der Waals surface area contributed by atoms with Crippen LogP contribution < -0.4 is 0 Å². The summed E-state index contributed by atoms with van der Waals surface area (Å²) in [5.74, 6) is 0. The van der Waals surface area contributed by atoms with Crippen molar-refractivity contribution >= 4 is 28.3 Å². The Morgan fingerprint density at radius 3 is 2.50 bits per heavy atom. The van der Waals surface area contributed by atoms with E-state index in [2.05, 4.69) is 10.1 Å². The van der Waals surface area contributed by atoms with Gasteiger partial charge in [-0.25, -0.2) is 9.50 Å². The van der Waals surface area contributed by atoms with E-state index in [1.54, 1.807) is 0 Å². The van der Waals surface area contributed by atoms with Crippen LogP contribution in [0.5, 0.6) is 0 Å². The number of hydrogen-bond donors (Lipinski definition) is 0. The molecule has 0 aliphatic carbocycles. The highest BCUT2D eigenvalue weighted by molar-refractivity contribution is 6.30. The van der Waals surface area contributed by atoms with E-state index in [9.17, 15) is 0 Å². The largest absolute Gasteiger partial charge is 0.227 e. The van der Waals surface area contributed by atoms with Gasteiger partial charge in [-0.05, 0) is 36.4 Å². The van der Waals surface area contributed by atoms with Crippen LogP contribution >= 0.6 is 11.6 Å². The Bertz CT molecular complexity index is 910. The van der Waals surface area contributed by atoms with E-state index in [0.29, 0.717) is 0 Å². The molecule has 4 rings (SSSR count). The molecule has 0 saturated heterocycles. The smallest absolute Gasteiger partial charge is 0.154 e. The van der Waals surface area contributed by atoms with Gasteiger partial charge in [0, 0.05) is 10.6 Å². The summed E-state index contributed by atoms with van der Waals surface area (Å²) in [5.41, 5.74) is 4.75. The van der Waals surface area contributed by atoms with Gasteiger partial charge in [-0.1, -0.05) is 35.9 Å². The van der Waals surface area contributed by atoms with Crippen molar-refractivity contribution < 1.29 is 0 Å². The van der Waals surface area contributed by atoms with E-state index < -0.39 is 0 Å². The summed E-state index contributed by atoms with van der Waals surface area (Å²) in [6, 6.07) is 19.6. The number of hydrogen-bond acceptors (Lipinski definition) is 2. The Hall–Kier alpha value is -2.39. The van der Waals surface area contributed by atoms with Crippen molar-refractivity contribution in [3.63, 3.8) is 0 Å². The maximum Gasteiger partial charge on any atom is 0.154 e. The van der Waals surface area contributed by atoms with Crippen molar-refractivity contribution in [3.8, 4) is 11.3 Å². The zero-order valence-electron chi connectivity index (χ0n) is 10.5. The van der Waals surface area contributed by atoms with Crippen LogP contribution in [0.25, 0.3) is 27.9 Å². The molecule has 96 valence electrons. The number of fused-ring (bicyclic) bond motifs is 3. The number of benzene rings is 2. The highest BCUT2D eigenvalue weighted by Crippen LogP contribution is 2.22. The Labute approximate surface area is 120 Å². The van der Waals surface area contributed by atoms with Crippen LogP contribution in [0.1, 0.15) is 0 Å². The van der Waals surface area contributed by atoms with Crippen LogP contribution in [0.3, 0.4) is 0 Å². The maximum absolute atomic E-state index is 5.92. The molecule has 4 aromatic rings. The summed E-state index contributed by atoms with van der Waals surface area (Å²) >= 11 is 5.92. The fraction of sp³-hybridized carbons (Fsp3) is 0. The summed E-state index contributed by atoms with van der Waals surface area (Å²) in [4.78, 5) is 4.54. The monoisotopic (exact) mass is 279 g/mol. The summed E-state index contributed by atoms with van der Waals surface area (Å²) in [5, 5.41) is 5.40. The molecule has 4 heteroatoms. The molecule has 0 amide bonds. The highest BCUT2D eigenvalue weighted by atomic mass is 35.5. The van der Waals surface area contributed by atoms with Gasteiger partial charge in [-0.15, -0.1) is 0 Å². The number of imidazole rings is 1. The minimum Gasteiger partial charge on any atom is -0.227 e. The SMILES string of the molecule is Clc1ccc(-c2ccc3nc4ccccc4n3n2)cc1. The van der Waals surface area contributed by atoms with Gasteiger partial charge in [-0.3, -0.25) is 0 Å². The summed E-state index contributed by atoms with van der Waals surface area (Å²) < 4.78 is 1.87. The van der Waals surface area contributed by atoms with Gasteiger partial charge in [-0.2, -0.15) is 5.10 Å². The molecule has 0 unspecified atom stereocenters. The number of nitrogens with zero attached hydrogens (tertiary/aromatic N) is 3. The van der Waals surface area contributed by atoms with Gasteiger partial charge < -0.3 is 0 Å². The molecule has 2 heterocycles. The minimum atomic E-state index is 0.725. The van der Waals surface area contributed by atoms with Crippen LogP contribution in [0.4, 0.5) is 0 Å². The number of halogens is 1. The third-order valence-electron chi connectivity index (χ3n) is 3.30. The van der Waals surface area contributed by atoms with Crippen molar-refractivity contribution in [3.05, 3.63) is 65.7 Å². The van der Waals surface area contributed by atoms with Gasteiger partial charge in [0.05, 0.1) is 16.7 Å². The Kier molecular flexibility index (Phi) is 2.47. The molecule has 0 bridgehead atoms. The first-order valence-electron chi connectivity index (χ1n) is 6.32. The molecule has 0 fully saturated rings. The number of aromatic nitrogens is 3. The fourth-order valence-corrected chi connectivity index (χ4v) is 2.44. The lowest BCUT2D eigenvalue weighted by Gasteiger charge is -2.02. The second-order valence-electron chi connectivity index (χ2n) is 4.60. The normalized spacial score (nSPS) is 11.2. The zero-order valence-corrected chi connectivity index (χ0v) is 11.2. The lowest BCUT2D eigenvalue weighted by molar-refractivity contribution is 0.972. The second kappa shape index (κ2) is 4.32. The van der Waals surface area contributed by atoms with Crippen molar-refractivity contribution in [2.75, 3.05) is 0 Å². The Morgan fingerprint density at radius 1 is 0.850 bits per heavy atom. The minimum absolute atomic E-state index is 0.725. The predicted molar refractivity (Wildman–Crippen MR) is 80.9 cm³/mol. The first-order chi connectivity index (χ1) is 9.81. The van der Waals surface area contributed by atoms with Crippen LogP contribution in [-0.4, -0.2) is 14.6 Å². The zero-order chi connectivity index (χ0) is 13.5. The third kappa shape index (κ3) is 1.75. The lowest BCUT2D eigenvalue weighted by Crippen LogP contribution is -1.94. The van der Waals surface area contributed by atoms with Crippen molar-refractivity contribution in [2.45, 2.75) is 0 Å². The third-order valence-corrected chi connectivity index (χ3v) is 3.55. The van der Waals surface area contributed by atoms with Crippen LogP contribution in [0, 0.1) is 0 Å². The number of rotatable bonds is 1. The average Bonchev–Trinajstić information content (AvgIpc) is 2.86. The molecule has 0 aliphatic heterocycles. The first kappa shape index (κ1) is 11.4. The molecule has 3 nitrogen and oxygen atoms in total. The predicted octanol–water partition coefficient (Wildman–Crippen LogP) is 4.20. The average molecular weight is 280 g/mol. The van der Waals surface area contributed by atoms with Gasteiger partial charge in [0.2, 0.25) is 0 Å². The second-order valence-corrected chi connectivity index (χ2v) is 5.03. The molecule has 0 spiro atoms. The molecular formula is C16H10ClN3. The van der Waals surface area contributed by atoms with Gasteiger partial charge >= 0.3 is 0 Å². The van der Waals surface area contributed by atoms with Crippen LogP contribution in [-0.2, 0) is 0 Å². The molecule has 0 N–H and O–H groups in total. The quantitative estimate of drug-likeness (QED) is 0.523. The van der Waals surface area contributed by atoms with E-state index in [1.807, 2.05) is 65.2 Å².